The van der Waals surface area contributed by atoms with Crippen LogP contribution in [0.1, 0.15) is 54.9 Å². The molecule has 2 rings (SSSR count). The number of hydrogen-bond donors (Lipinski definition) is 1. The number of likely N-dealkylation sites (tertiary alicyclic amines) is 1. The Morgan fingerprint density at radius 1 is 1.32 bits per heavy atom. The van der Waals surface area contributed by atoms with Gasteiger partial charge in [0.15, 0.2) is 5.78 Å². The van der Waals surface area contributed by atoms with E-state index < -0.39 is 0 Å². The molecule has 1 aliphatic rings. The van der Waals surface area contributed by atoms with Gasteiger partial charge in [0.25, 0.3) is 0 Å². The van der Waals surface area contributed by atoms with Crippen LogP contribution in [0.5, 0.6) is 5.75 Å². The van der Waals surface area contributed by atoms with Crippen LogP contribution < -0.4 is 0 Å². The molecule has 0 radical (unpaired) electrons. The Labute approximate surface area is 115 Å². The van der Waals surface area contributed by atoms with E-state index in [4.69, 9.17) is 0 Å². The van der Waals surface area contributed by atoms with Crippen molar-refractivity contribution in [3.8, 4) is 5.75 Å². The number of Topliss-reactive ketones (excluding diaryl/α,β-unsaturated/α-hetero) is 1. The van der Waals surface area contributed by atoms with Crippen molar-refractivity contribution in [1.29, 1.82) is 0 Å². The van der Waals surface area contributed by atoms with E-state index in [-0.39, 0.29) is 11.5 Å². The van der Waals surface area contributed by atoms with Gasteiger partial charge in [-0.05, 0) is 50.0 Å². The van der Waals surface area contributed by atoms with Crippen LogP contribution in [0.3, 0.4) is 0 Å². The molecule has 1 saturated heterocycles. The second-order valence-electron chi connectivity index (χ2n) is 5.23. The number of rotatable bonds is 4. The lowest BCUT2D eigenvalue weighted by Crippen LogP contribution is -2.32. The highest BCUT2D eigenvalue weighted by Gasteiger charge is 2.23. The number of nitrogens with zero attached hydrogens (tertiary/aromatic N) is 1. The molecule has 3 nitrogen and oxygen atoms in total. The molecular weight excluding hydrogens is 238 g/mol. The summed E-state index contributed by atoms with van der Waals surface area (Å²) >= 11 is 0. The maximum Gasteiger partial charge on any atom is 0.166 e. The molecule has 3 heteroatoms. The lowest BCUT2D eigenvalue weighted by Gasteiger charge is -2.31. The zero-order valence-electron chi connectivity index (χ0n) is 11.9. The summed E-state index contributed by atoms with van der Waals surface area (Å²) in [7, 11) is 0. The fourth-order valence-electron chi connectivity index (χ4n) is 2.87. The minimum Gasteiger partial charge on any atom is -0.507 e. The Hall–Kier alpha value is -1.35. The van der Waals surface area contributed by atoms with Crippen molar-refractivity contribution in [1.82, 2.24) is 4.90 Å². The smallest absolute Gasteiger partial charge is 0.166 e. The third-order valence-electron chi connectivity index (χ3n) is 4.16. The van der Waals surface area contributed by atoms with Gasteiger partial charge >= 0.3 is 0 Å². The summed E-state index contributed by atoms with van der Waals surface area (Å²) in [5, 5.41) is 10.3. The molecule has 0 amide bonds. The van der Waals surface area contributed by atoms with Crippen molar-refractivity contribution in [2.75, 3.05) is 19.6 Å². The standard InChI is InChI=1S/C16H23NO2/c1-3-15(18)14-7-5-6-13(16(14)19)12-8-10-17(4-2)11-9-12/h5-7,12,19H,3-4,8-11H2,1-2H3. The molecule has 1 aromatic carbocycles. The first-order valence-electron chi connectivity index (χ1n) is 7.24. The maximum absolute atomic E-state index is 11.8. The maximum atomic E-state index is 11.8. The van der Waals surface area contributed by atoms with Gasteiger partial charge < -0.3 is 10.0 Å². The second-order valence-corrected chi connectivity index (χ2v) is 5.23. The lowest BCUT2D eigenvalue weighted by atomic mass is 9.87. The van der Waals surface area contributed by atoms with Crippen LogP contribution in [0.4, 0.5) is 0 Å². The lowest BCUT2D eigenvalue weighted by molar-refractivity contribution is 0.0985. The molecule has 1 heterocycles. The molecule has 1 fully saturated rings. The van der Waals surface area contributed by atoms with Crippen molar-refractivity contribution in [3.63, 3.8) is 0 Å². The van der Waals surface area contributed by atoms with E-state index in [9.17, 15) is 9.90 Å². The number of hydrogen-bond acceptors (Lipinski definition) is 3. The third kappa shape index (κ3) is 2.98. The molecule has 104 valence electrons. The van der Waals surface area contributed by atoms with Gasteiger partial charge in [-0.25, -0.2) is 0 Å². The number of para-hydroxylation sites is 1. The Morgan fingerprint density at radius 2 is 2.00 bits per heavy atom. The van der Waals surface area contributed by atoms with Crippen LogP contribution in [0.25, 0.3) is 0 Å². The molecule has 0 spiro atoms. The number of piperidine rings is 1. The van der Waals surface area contributed by atoms with Crippen molar-refractivity contribution in [2.24, 2.45) is 0 Å². The average Bonchev–Trinajstić information content (AvgIpc) is 2.47. The molecule has 1 aliphatic heterocycles. The molecule has 0 atom stereocenters. The number of carbonyl (C=O) groups excluding carboxylic acids is 1. The molecule has 0 unspecified atom stereocenters. The van der Waals surface area contributed by atoms with Gasteiger partial charge in [-0.2, -0.15) is 0 Å². The van der Waals surface area contributed by atoms with Crippen molar-refractivity contribution < 1.29 is 9.90 Å². The van der Waals surface area contributed by atoms with E-state index in [1.807, 2.05) is 19.1 Å². The van der Waals surface area contributed by atoms with Crippen LogP contribution in [0, 0.1) is 0 Å². The number of phenols is 1. The minimum absolute atomic E-state index is 0.0188. The number of aromatic hydroxyl groups is 1. The normalized spacial score (nSPS) is 17.6. The summed E-state index contributed by atoms with van der Waals surface area (Å²) in [5.74, 6) is 0.613. The molecule has 19 heavy (non-hydrogen) atoms. The average molecular weight is 261 g/mol. The van der Waals surface area contributed by atoms with E-state index >= 15 is 0 Å². The molecule has 1 N–H and O–H groups in total. The van der Waals surface area contributed by atoms with Gasteiger partial charge in [0.05, 0.1) is 5.56 Å². The first-order valence-corrected chi connectivity index (χ1v) is 7.24. The van der Waals surface area contributed by atoms with Crippen LogP contribution in [0.2, 0.25) is 0 Å². The van der Waals surface area contributed by atoms with E-state index in [0.717, 1.165) is 38.0 Å². The summed E-state index contributed by atoms with van der Waals surface area (Å²) in [6, 6.07) is 5.59. The third-order valence-corrected chi connectivity index (χ3v) is 4.16. The highest BCUT2D eigenvalue weighted by atomic mass is 16.3. The summed E-state index contributed by atoms with van der Waals surface area (Å²) in [4.78, 5) is 14.2. The predicted molar refractivity (Wildman–Crippen MR) is 76.8 cm³/mol. The van der Waals surface area contributed by atoms with E-state index in [1.54, 1.807) is 6.07 Å². The summed E-state index contributed by atoms with van der Waals surface area (Å²) < 4.78 is 0. The van der Waals surface area contributed by atoms with Crippen LogP contribution >= 0.6 is 0 Å². The van der Waals surface area contributed by atoms with E-state index in [0.29, 0.717) is 17.9 Å². The summed E-state index contributed by atoms with van der Waals surface area (Å²) in [6.07, 6.45) is 2.56. The number of phenolic OH excluding ortho intramolecular Hbond substituents is 1. The Morgan fingerprint density at radius 3 is 2.58 bits per heavy atom. The van der Waals surface area contributed by atoms with Gasteiger partial charge in [-0.15, -0.1) is 0 Å². The monoisotopic (exact) mass is 261 g/mol. The van der Waals surface area contributed by atoms with Crippen molar-refractivity contribution in [2.45, 2.75) is 39.0 Å². The predicted octanol–water partition coefficient (Wildman–Crippen LogP) is 3.18. The van der Waals surface area contributed by atoms with Crippen molar-refractivity contribution in [3.05, 3.63) is 29.3 Å². The zero-order chi connectivity index (χ0) is 13.8. The topological polar surface area (TPSA) is 40.5 Å². The first-order chi connectivity index (χ1) is 9.17. The molecule has 0 saturated carbocycles. The number of ketones is 1. The Kier molecular flexibility index (Phi) is 4.59. The molecule has 0 aliphatic carbocycles. The highest BCUT2D eigenvalue weighted by Crippen LogP contribution is 2.35. The Bertz CT molecular complexity index is 448. The minimum atomic E-state index is 0.0188. The molecular formula is C16H23NO2. The fraction of sp³-hybridized carbons (Fsp3) is 0.562. The van der Waals surface area contributed by atoms with E-state index in [1.165, 1.54) is 0 Å². The van der Waals surface area contributed by atoms with Crippen molar-refractivity contribution >= 4 is 5.78 Å². The second kappa shape index (κ2) is 6.20. The fourth-order valence-corrected chi connectivity index (χ4v) is 2.87. The van der Waals surface area contributed by atoms with E-state index in [2.05, 4.69) is 11.8 Å². The Balaban J connectivity index is 2.19. The van der Waals surface area contributed by atoms with Crippen LogP contribution in [-0.4, -0.2) is 35.4 Å². The van der Waals surface area contributed by atoms with Gasteiger partial charge in [-0.1, -0.05) is 26.0 Å². The first kappa shape index (κ1) is 14.1. The van der Waals surface area contributed by atoms with Gasteiger partial charge in [-0.3, -0.25) is 4.79 Å². The zero-order valence-corrected chi connectivity index (χ0v) is 11.9. The summed E-state index contributed by atoms with van der Waals surface area (Å²) in [5.41, 5.74) is 1.44. The molecule has 0 bridgehead atoms. The SMILES string of the molecule is CCC(=O)c1cccc(C2CCN(CC)CC2)c1O. The van der Waals surface area contributed by atoms with Gasteiger partial charge in [0.2, 0.25) is 0 Å². The largest absolute Gasteiger partial charge is 0.507 e. The van der Waals surface area contributed by atoms with Crippen LogP contribution in [-0.2, 0) is 0 Å². The molecule has 1 aromatic rings. The van der Waals surface area contributed by atoms with Crippen LogP contribution in [0.15, 0.2) is 18.2 Å². The number of carbonyl (C=O) groups is 1. The highest BCUT2D eigenvalue weighted by molar-refractivity contribution is 5.98. The quantitative estimate of drug-likeness (QED) is 0.846. The van der Waals surface area contributed by atoms with Gasteiger partial charge in [0.1, 0.15) is 5.75 Å². The molecule has 0 aromatic heterocycles. The summed E-state index contributed by atoms with van der Waals surface area (Å²) in [6.45, 7) is 7.25. The van der Waals surface area contributed by atoms with Gasteiger partial charge in [0, 0.05) is 6.42 Å². The number of benzene rings is 1.